The maximum atomic E-state index is 13.1. The molecule has 4 aliphatic rings. The molecule has 4 fully saturated rings. The van der Waals surface area contributed by atoms with Gasteiger partial charge in [-0.1, -0.05) is 0 Å². The summed E-state index contributed by atoms with van der Waals surface area (Å²) in [4.78, 5) is 38.8. The van der Waals surface area contributed by atoms with Crippen LogP contribution in [0, 0.1) is 20.8 Å². The number of aryl methyl sites for hydroxylation is 2. The monoisotopic (exact) mass is 1240 g/mol. The van der Waals surface area contributed by atoms with Crippen LogP contribution in [0.2, 0.25) is 0 Å². The molecule has 2 unspecified atom stereocenters. The van der Waals surface area contributed by atoms with Gasteiger partial charge in [0.05, 0.1) is 83.0 Å². The number of likely N-dealkylation sites (tertiary alicyclic amines) is 1. The average molecular weight is 1240 g/mol. The summed E-state index contributed by atoms with van der Waals surface area (Å²) in [5.74, 6) is -0.516. The number of ether oxygens (including phenoxy) is 1. The Kier molecular flexibility index (Phi) is 19.0. The predicted molar refractivity (Wildman–Crippen MR) is 294 cm³/mol. The highest BCUT2D eigenvalue weighted by Gasteiger charge is 2.41. The third kappa shape index (κ3) is 15.0. The Morgan fingerprint density at radius 1 is 0.598 bits per heavy atom. The number of carbonyl (C=O) groups is 1. The molecule has 470 valence electrons. The van der Waals surface area contributed by atoms with Gasteiger partial charge in [-0.3, -0.25) is 18.8 Å². The molecule has 2 atom stereocenters. The average Bonchev–Trinajstić information content (AvgIpc) is 2.06. The van der Waals surface area contributed by atoms with Gasteiger partial charge in [-0.15, -0.1) is 0 Å². The largest absolute Gasteiger partial charge is 0.421 e. The summed E-state index contributed by atoms with van der Waals surface area (Å²) in [7, 11) is 1.38. The zero-order chi connectivity index (χ0) is 62.5. The number of amides is 1. The van der Waals surface area contributed by atoms with Crippen LogP contribution in [0.4, 0.5) is 101 Å². The second-order valence-corrected chi connectivity index (χ2v) is 20.9. The van der Waals surface area contributed by atoms with Crippen LogP contribution in [-0.2, 0) is 28.1 Å². The molecule has 1 saturated heterocycles. The molecular formula is C52H63F11N22O2. The SMILES string of the molecule is CCNc1nc(Nc2cn(C3CC(OC(F)F)C3)nc2C)ncc1C(F)(F)F.CCNc1nc(Nc2cnn(C3CC(N4CCCC4=O)C3)c2C)ncc1C(F)(F)F.CNc1nc(Nc2cn(C3CCC(n4nccn4)C3)nc2C)ncc1C(F)(F)F. The second-order valence-electron chi connectivity index (χ2n) is 20.9. The van der Waals surface area contributed by atoms with Gasteiger partial charge in [-0.05, 0) is 86.0 Å². The van der Waals surface area contributed by atoms with Crippen molar-refractivity contribution in [2.45, 2.75) is 154 Å². The summed E-state index contributed by atoms with van der Waals surface area (Å²) in [5, 5.41) is 38.2. The van der Waals surface area contributed by atoms with Crippen LogP contribution in [0.5, 0.6) is 0 Å². The van der Waals surface area contributed by atoms with E-state index in [0.29, 0.717) is 60.5 Å². The fourth-order valence-electron chi connectivity index (χ4n) is 10.5. The number of carbonyl (C=O) groups excluding carboxylic acids is 1. The van der Waals surface area contributed by atoms with Crippen LogP contribution >= 0.6 is 0 Å². The molecule has 7 aromatic rings. The van der Waals surface area contributed by atoms with Gasteiger partial charge in [0.1, 0.15) is 34.1 Å². The number of alkyl halides is 11. The van der Waals surface area contributed by atoms with Crippen LogP contribution in [0.25, 0.3) is 0 Å². The Morgan fingerprint density at radius 2 is 1.07 bits per heavy atom. The fourth-order valence-corrected chi connectivity index (χ4v) is 10.5. The molecule has 8 heterocycles. The second kappa shape index (κ2) is 26.2. The van der Waals surface area contributed by atoms with Crippen molar-refractivity contribution in [3.63, 3.8) is 0 Å². The third-order valence-corrected chi connectivity index (χ3v) is 15.1. The van der Waals surface area contributed by atoms with E-state index >= 15 is 0 Å². The zero-order valence-electron chi connectivity index (χ0n) is 47.8. The minimum Gasteiger partial charge on any atom is -0.372 e. The van der Waals surface area contributed by atoms with Gasteiger partial charge in [0.15, 0.2) is 0 Å². The molecule has 35 heteroatoms. The first-order valence-electron chi connectivity index (χ1n) is 27.8. The molecule has 0 radical (unpaired) electrons. The van der Waals surface area contributed by atoms with E-state index < -0.39 is 47.9 Å². The Bertz CT molecular complexity index is 3450. The lowest BCUT2D eigenvalue weighted by molar-refractivity contribution is -0.189. The Balaban J connectivity index is 0.000000156. The predicted octanol–water partition coefficient (Wildman–Crippen LogP) is 11.0. The highest BCUT2D eigenvalue weighted by Crippen LogP contribution is 2.42. The Labute approximate surface area is 489 Å². The molecule has 0 bridgehead atoms. The molecule has 6 N–H and O–H groups in total. The van der Waals surface area contributed by atoms with E-state index in [0.717, 1.165) is 63.2 Å². The van der Waals surface area contributed by atoms with E-state index in [-0.39, 0.29) is 78.0 Å². The fraction of sp³-hybridized carbons (Fsp3) is 0.538. The van der Waals surface area contributed by atoms with E-state index in [4.69, 9.17) is 0 Å². The van der Waals surface area contributed by atoms with E-state index in [1.54, 1.807) is 55.0 Å². The normalized spacial score (nSPS) is 20.3. The van der Waals surface area contributed by atoms with Gasteiger partial charge in [-0.25, -0.2) is 15.0 Å². The van der Waals surface area contributed by atoms with E-state index in [1.165, 1.54) is 7.05 Å². The molecule has 7 aromatic heterocycles. The number of hydrogen-bond acceptors (Lipinski definition) is 19. The van der Waals surface area contributed by atoms with Gasteiger partial charge in [-0.2, -0.15) is 93.5 Å². The summed E-state index contributed by atoms with van der Waals surface area (Å²) in [5.41, 5.74) is 1.16. The molecule has 87 heavy (non-hydrogen) atoms. The molecule has 1 amide bonds. The van der Waals surface area contributed by atoms with Gasteiger partial charge in [0.2, 0.25) is 23.8 Å². The first kappa shape index (κ1) is 63.0. The van der Waals surface area contributed by atoms with Crippen molar-refractivity contribution in [1.29, 1.82) is 0 Å². The number of hydrogen-bond donors (Lipinski definition) is 6. The number of halogens is 11. The summed E-state index contributed by atoms with van der Waals surface area (Å²) < 4.78 is 152. The minimum absolute atomic E-state index is 0.0147. The standard InChI is InChI=1S/C19H24F3N7O.C17H20F3N9.C16H19F5N6O/c1-3-23-17-14(19(20,21)22)9-24-18(27-17)26-15-10-25-29(11(15)2)13-7-12(8-13)28-6-4-5-16(28)30;1-10-14(25-16-22-8-13(17(18,19)20)15(21-2)26-16)9-28(27-10)11-3-4-12(7-11)29-23-5-6-24-29;1-3-22-13-11(16(19,20)21)6-23-15(25-13)24-12-7-27(26-8(12)2)9-4-10(5-9)28-14(17)18/h9-10,12-13H,3-8H2,1-2H3,(H2,23,24,26,27);5-6,8-9,11-12H,3-4,7H2,1-2H3,(H2,21,22,25,26);6-7,9-10,14H,3-5H2,1-2H3,(H2,22,23,24,25). The van der Waals surface area contributed by atoms with Crippen molar-refractivity contribution >= 4 is 58.3 Å². The summed E-state index contributed by atoms with van der Waals surface area (Å²) in [6, 6.07) is 0.813. The number of rotatable bonds is 18. The van der Waals surface area contributed by atoms with Crippen LogP contribution in [0.15, 0.2) is 49.6 Å². The maximum Gasteiger partial charge on any atom is 0.421 e. The maximum absolute atomic E-state index is 13.1. The van der Waals surface area contributed by atoms with Crippen LogP contribution in [0.3, 0.4) is 0 Å². The van der Waals surface area contributed by atoms with Crippen molar-refractivity contribution in [3.05, 3.63) is 83.3 Å². The summed E-state index contributed by atoms with van der Waals surface area (Å²) >= 11 is 0. The van der Waals surface area contributed by atoms with Crippen LogP contribution < -0.4 is 31.9 Å². The van der Waals surface area contributed by atoms with E-state index in [9.17, 15) is 53.1 Å². The van der Waals surface area contributed by atoms with Crippen LogP contribution in [-0.4, -0.2) is 130 Å². The third-order valence-electron chi connectivity index (χ3n) is 15.1. The van der Waals surface area contributed by atoms with Crippen molar-refractivity contribution in [2.75, 3.05) is 58.6 Å². The molecule has 3 saturated carbocycles. The first-order chi connectivity index (χ1) is 41.3. The molecule has 1 aliphatic heterocycles. The molecule has 11 rings (SSSR count). The number of nitrogens with one attached hydrogen (secondary N) is 6. The summed E-state index contributed by atoms with van der Waals surface area (Å²) in [6.45, 7) is 7.38. The van der Waals surface area contributed by atoms with Crippen molar-refractivity contribution in [2.24, 2.45) is 0 Å². The molecule has 24 nitrogen and oxygen atoms in total. The topological polar surface area (TPSA) is 263 Å². The number of nitrogens with zero attached hydrogens (tertiary/aromatic N) is 16. The Hall–Kier alpha value is -8.53. The summed E-state index contributed by atoms with van der Waals surface area (Å²) in [6.07, 6.45) is 3.38. The molecular weight excluding hydrogens is 1170 g/mol. The lowest BCUT2D eigenvalue weighted by atomic mass is 9.85. The highest BCUT2D eigenvalue weighted by molar-refractivity contribution is 5.78. The van der Waals surface area contributed by atoms with Gasteiger partial charge in [0, 0.05) is 70.1 Å². The van der Waals surface area contributed by atoms with E-state index in [1.807, 2.05) is 34.3 Å². The van der Waals surface area contributed by atoms with Gasteiger partial charge in [0.25, 0.3) is 0 Å². The number of anilines is 9. The molecule has 3 aliphatic carbocycles. The van der Waals surface area contributed by atoms with Gasteiger partial charge >= 0.3 is 25.1 Å². The smallest absolute Gasteiger partial charge is 0.372 e. The number of aromatic nitrogens is 15. The van der Waals surface area contributed by atoms with Crippen molar-refractivity contribution in [3.8, 4) is 0 Å². The van der Waals surface area contributed by atoms with Crippen molar-refractivity contribution in [1.82, 2.24) is 79.1 Å². The van der Waals surface area contributed by atoms with Crippen LogP contribution in [0.1, 0.15) is 130 Å². The molecule has 0 aromatic carbocycles. The lowest BCUT2D eigenvalue weighted by Gasteiger charge is -2.41. The quantitative estimate of drug-likeness (QED) is 0.0436. The van der Waals surface area contributed by atoms with Crippen molar-refractivity contribution < 1.29 is 57.8 Å². The highest BCUT2D eigenvalue weighted by atomic mass is 19.4. The first-order valence-corrected chi connectivity index (χ1v) is 27.8. The zero-order valence-corrected chi connectivity index (χ0v) is 47.8. The molecule has 0 spiro atoms. The minimum atomic E-state index is -4.57. The van der Waals surface area contributed by atoms with E-state index in [2.05, 4.69) is 92.0 Å². The van der Waals surface area contributed by atoms with Gasteiger partial charge < -0.3 is 41.5 Å². The Morgan fingerprint density at radius 3 is 1.54 bits per heavy atom. The lowest BCUT2D eigenvalue weighted by Crippen LogP contribution is -2.46.